The van der Waals surface area contributed by atoms with Gasteiger partial charge in [0, 0.05) is 11.9 Å². The highest BCUT2D eigenvalue weighted by molar-refractivity contribution is 5.91. The monoisotopic (exact) mass is 470 g/mol. The van der Waals surface area contributed by atoms with Crippen molar-refractivity contribution in [2.24, 2.45) is 5.92 Å². The Morgan fingerprint density at radius 3 is 2.76 bits per heavy atom. The fourth-order valence-electron chi connectivity index (χ4n) is 5.19. The molecule has 7 nitrogen and oxygen atoms in total. The molecular weight excluding hydrogens is 445 g/mol. The molecule has 1 aliphatic carbocycles. The summed E-state index contributed by atoms with van der Waals surface area (Å²) in [5.74, 6) is 0.658. The van der Waals surface area contributed by atoms with Gasteiger partial charge in [-0.3, -0.25) is 14.8 Å². The normalized spacial score (nSPS) is 21.5. The third kappa shape index (κ3) is 3.64. The number of aromatic amines is 1. The van der Waals surface area contributed by atoms with Crippen molar-refractivity contribution in [1.82, 2.24) is 20.1 Å². The summed E-state index contributed by atoms with van der Waals surface area (Å²) in [4.78, 5) is 15.3. The summed E-state index contributed by atoms with van der Waals surface area (Å²) in [6.45, 7) is 1.98. The minimum absolute atomic E-state index is 0.00398. The molecule has 0 spiro atoms. The van der Waals surface area contributed by atoms with Crippen LogP contribution in [0.3, 0.4) is 0 Å². The summed E-state index contributed by atoms with van der Waals surface area (Å²) >= 11 is 0. The molecule has 1 unspecified atom stereocenters. The first-order valence-corrected chi connectivity index (χ1v) is 11.4. The summed E-state index contributed by atoms with van der Waals surface area (Å²) in [5, 5.41) is 20.1. The number of anilines is 2. The molecule has 1 saturated heterocycles. The van der Waals surface area contributed by atoms with E-state index in [1.807, 2.05) is 0 Å². The van der Waals surface area contributed by atoms with E-state index < -0.39 is 11.7 Å². The number of nitriles is 1. The number of nitrogens with one attached hydrogen (secondary N) is 3. The molecular formula is C24H25F3N6O. The van der Waals surface area contributed by atoms with E-state index in [0.29, 0.717) is 46.9 Å². The number of hydrogen-bond acceptors (Lipinski definition) is 5. The van der Waals surface area contributed by atoms with Crippen molar-refractivity contribution in [3.8, 4) is 6.07 Å². The second-order valence-corrected chi connectivity index (χ2v) is 9.22. The number of alkyl halides is 3. The van der Waals surface area contributed by atoms with E-state index in [4.69, 9.17) is 0 Å². The molecule has 34 heavy (non-hydrogen) atoms. The van der Waals surface area contributed by atoms with Gasteiger partial charge in [-0.15, -0.1) is 0 Å². The first kappa shape index (κ1) is 22.5. The van der Waals surface area contributed by atoms with Crippen LogP contribution in [0.5, 0.6) is 0 Å². The van der Waals surface area contributed by atoms with E-state index in [2.05, 4.69) is 26.8 Å². The van der Waals surface area contributed by atoms with Crippen LogP contribution >= 0.6 is 0 Å². The number of nitrogens with zero attached hydrogens (tertiary/aromatic N) is 3. The molecule has 1 saturated carbocycles. The van der Waals surface area contributed by atoms with Gasteiger partial charge in [0.1, 0.15) is 10.9 Å². The van der Waals surface area contributed by atoms with Gasteiger partial charge in [0.15, 0.2) is 5.82 Å². The number of aryl methyl sites for hydroxylation is 1. The number of pyridine rings is 1. The van der Waals surface area contributed by atoms with Crippen molar-refractivity contribution in [3.63, 3.8) is 0 Å². The van der Waals surface area contributed by atoms with Gasteiger partial charge in [0.05, 0.1) is 24.0 Å². The van der Waals surface area contributed by atoms with Crippen molar-refractivity contribution in [2.75, 3.05) is 11.9 Å². The van der Waals surface area contributed by atoms with E-state index in [1.54, 1.807) is 36.0 Å². The Hall–Kier alpha value is -3.32. The van der Waals surface area contributed by atoms with Crippen LogP contribution in [-0.2, 0) is 5.54 Å². The largest absolute Gasteiger partial charge is 0.410 e. The third-order valence-electron chi connectivity index (χ3n) is 7.00. The molecule has 3 heterocycles. The molecule has 178 valence electrons. The average molecular weight is 470 g/mol. The zero-order chi connectivity index (χ0) is 24.1. The van der Waals surface area contributed by atoms with Crippen LogP contribution in [0.25, 0.3) is 10.9 Å². The summed E-state index contributed by atoms with van der Waals surface area (Å²) in [5.41, 5.74) is -0.505. The maximum atomic E-state index is 14.0. The highest BCUT2D eigenvalue weighted by Gasteiger charge is 2.57. The highest BCUT2D eigenvalue weighted by atomic mass is 19.4. The van der Waals surface area contributed by atoms with Crippen LogP contribution in [0, 0.1) is 24.2 Å². The van der Waals surface area contributed by atoms with Gasteiger partial charge in [0.2, 0.25) is 0 Å². The maximum absolute atomic E-state index is 14.0. The van der Waals surface area contributed by atoms with Crippen LogP contribution in [-0.4, -0.2) is 27.5 Å². The number of benzene rings is 1. The van der Waals surface area contributed by atoms with Crippen molar-refractivity contribution in [1.29, 1.82) is 5.26 Å². The topological polar surface area (TPSA) is 98.5 Å². The number of hydrogen-bond donors (Lipinski definition) is 3. The second-order valence-electron chi connectivity index (χ2n) is 9.22. The van der Waals surface area contributed by atoms with Gasteiger partial charge in [-0.2, -0.15) is 23.5 Å². The van der Waals surface area contributed by atoms with Crippen LogP contribution in [0.2, 0.25) is 0 Å². The van der Waals surface area contributed by atoms with E-state index in [9.17, 15) is 23.2 Å². The molecule has 0 bridgehead atoms. The molecule has 3 aromatic rings. The SMILES string of the molecule is Cc1cc(Nc2nn(C(CC#N)C3CC3)c3cc[nH]c(=O)c23)ccc1[C@@]1(C(F)(F)F)CCCN1. The van der Waals surface area contributed by atoms with E-state index in [-0.39, 0.29) is 30.0 Å². The summed E-state index contributed by atoms with van der Waals surface area (Å²) in [6.07, 6.45) is -0.109. The third-order valence-corrected chi connectivity index (χ3v) is 7.00. The molecule has 2 aliphatic rings. The van der Waals surface area contributed by atoms with Crippen molar-refractivity contribution in [2.45, 2.75) is 56.8 Å². The van der Waals surface area contributed by atoms with Crippen molar-refractivity contribution < 1.29 is 13.2 Å². The smallest absolute Gasteiger partial charge is 0.338 e. The van der Waals surface area contributed by atoms with Crippen LogP contribution in [0.4, 0.5) is 24.7 Å². The van der Waals surface area contributed by atoms with E-state index in [1.165, 1.54) is 6.07 Å². The highest BCUT2D eigenvalue weighted by Crippen LogP contribution is 2.47. The molecule has 10 heteroatoms. The fourth-order valence-corrected chi connectivity index (χ4v) is 5.19. The Morgan fingerprint density at radius 1 is 1.35 bits per heavy atom. The average Bonchev–Trinajstić information content (AvgIpc) is 3.37. The maximum Gasteiger partial charge on any atom is 0.410 e. The molecule has 1 aliphatic heterocycles. The van der Waals surface area contributed by atoms with E-state index in [0.717, 1.165) is 12.8 Å². The van der Waals surface area contributed by atoms with E-state index >= 15 is 0 Å². The Balaban J connectivity index is 1.54. The lowest BCUT2D eigenvalue weighted by atomic mass is 9.84. The van der Waals surface area contributed by atoms with Crippen LogP contribution in [0.1, 0.15) is 49.3 Å². The molecule has 2 atom stereocenters. The first-order valence-electron chi connectivity index (χ1n) is 11.4. The Kier molecular flexibility index (Phi) is 5.40. The van der Waals surface area contributed by atoms with Gasteiger partial charge in [-0.1, -0.05) is 6.07 Å². The molecule has 2 aromatic heterocycles. The molecule has 5 rings (SSSR count). The van der Waals surface area contributed by atoms with Crippen LogP contribution < -0.4 is 16.2 Å². The van der Waals surface area contributed by atoms with Gasteiger partial charge >= 0.3 is 6.18 Å². The Morgan fingerprint density at radius 2 is 2.15 bits per heavy atom. The summed E-state index contributed by atoms with van der Waals surface area (Å²) in [6, 6.07) is 8.58. The van der Waals surface area contributed by atoms with Crippen LogP contribution in [0.15, 0.2) is 35.3 Å². The number of H-pyrrole nitrogens is 1. The van der Waals surface area contributed by atoms with Gasteiger partial charge < -0.3 is 10.3 Å². The molecule has 0 amide bonds. The number of aromatic nitrogens is 3. The predicted molar refractivity (Wildman–Crippen MR) is 122 cm³/mol. The standard InChI is InChI=1S/C24H25F3N6O/c1-14-13-16(5-6-17(14)23(24(25,26)27)9-2-11-30-23)31-21-20-19(8-12-29-22(20)34)33(32-21)18(7-10-28)15-3-4-15/h5-6,8,12-13,15,18,30H,2-4,7,9,11H2,1H3,(H,29,34)(H,31,32)/t18?,23-/m1/s1. The minimum Gasteiger partial charge on any atom is -0.338 e. The summed E-state index contributed by atoms with van der Waals surface area (Å²) < 4.78 is 43.8. The van der Waals surface area contributed by atoms with Crippen molar-refractivity contribution in [3.05, 3.63) is 51.9 Å². The lowest BCUT2D eigenvalue weighted by molar-refractivity contribution is -0.196. The second kappa shape index (κ2) is 8.17. The molecule has 1 aromatic carbocycles. The quantitative estimate of drug-likeness (QED) is 0.482. The zero-order valence-electron chi connectivity index (χ0n) is 18.7. The Labute approximate surface area is 194 Å². The number of fused-ring (bicyclic) bond motifs is 1. The molecule has 0 radical (unpaired) electrons. The fraction of sp³-hybridized carbons (Fsp3) is 0.458. The number of halogens is 3. The first-order chi connectivity index (χ1) is 16.2. The molecule has 2 fully saturated rings. The van der Waals surface area contributed by atoms with Gasteiger partial charge in [-0.25, -0.2) is 0 Å². The predicted octanol–water partition coefficient (Wildman–Crippen LogP) is 4.78. The molecule has 3 N–H and O–H groups in total. The Bertz CT molecular complexity index is 1330. The zero-order valence-corrected chi connectivity index (χ0v) is 18.7. The minimum atomic E-state index is -4.41. The lowest BCUT2D eigenvalue weighted by Crippen LogP contribution is -2.50. The number of rotatable bonds is 6. The lowest BCUT2D eigenvalue weighted by Gasteiger charge is -2.34. The van der Waals surface area contributed by atoms with Crippen molar-refractivity contribution >= 4 is 22.4 Å². The summed E-state index contributed by atoms with van der Waals surface area (Å²) in [7, 11) is 0. The van der Waals surface area contributed by atoms with Gasteiger partial charge in [0.25, 0.3) is 5.56 Å². The van der Waals surface area contributed by atoms with Gasteiger partial charge in [-0.05, 0) is 74.4 Å².